The second-order valence-electron chi connectivity index (χ2n) is 8.34. The topological polar surface area (TPSA) is 45.2 Å². The van der Waals surface area contributed by atoms with Crippen LogP contribution in [-0.2, 0) is 6.42 Å². The molecule has 5 heteroatoms. The predicted molar refractivity (Wildman–Crippen MR) is 132 cm³/mol. The summed E-state index contributed by atoms with van der Waals surface area (Å²) in [5.41, 5.74) is 4.40. The van der Waals surface area contributed by atoms with Crippen LogP contribution < -0.4 is 9.80 Å². The number of pyridine rings is 1. The van der Waals surface area contributed by atoms with Gasteiger partial charge in [-0.25, -0.2) is 4.98 Å². The van der Waals surface area contributed by atoms with Crippen molar-refractivity contribution in [3.05, 3.63) is 96.3 Å². The highest BCUT2D eigenvalue weighted by Crippen LogP contribution is 2.28. The van der Waals surface area contributed by atoms with Crippen LogP contribution in [0.5, 0.6) is 0 Å². The molecule has 0 N–H and O–H groups in total. The number of hydrogen-bond acceptors (Lipinski definition) is 5. The van der Waals surface area contributed by atoms with Gasteiger partial charge in [0.25, 0.3) is 0 Å². The Kier molecular flexibility index (Phi) is 5.55. The van der Waals surface area contributed by atoms with Crippen molar-refractivity contribution in [2.45, 2.75) is 13.3 Å². The number of aromatic nitrogens is 3. The molecule has 1 fully saturated rings. The number of allylic oxidation sites excluding steroid dienone is 1. The third kappa shape index (κ3) is 4.06. The Balaban J connectivity index is 1.35. The Hall–Kier alpha value is -3.73. The summed E-state index contributed by atoms with van der Waals surface area (Å²) in [5.74, 6) is 1.99. The zero-order valence-corrected chi connectivity index (χ0v) is 18.4. The molecule has 0 amide bonds. The van der Waals surface area contributed by atoms with Gasteiger partial charge in [-0.1, -0.05) is 61.2 Å². The lowest BCUT2D eigenvalue weighted by Gasteiger charge is -2.36. The van der Waals surface area contributed by atoms with E-state index in [2.05, 4.69) is 92.2 Å². The summed E-state index contributed by atoms with van der Waals surface area (Å²) in [7, 11) is 0. The first-order chi connectivity index (χ1) is 15.7. The lowest BCUT2D eigenvalue weighted by molar-refractivity contribution is 0.639. The van der Waals surface area contributed by atoms with Gasteiger partial charge in [-0.2, -0.15) is 5.10 Å². The SMILES string of the molecule is C=C(C)c1ccc(N2CCN(c3nnc(Cc4ccccc4)c4ccccc34)CC2)nc1. The van der Waals surface area contributed by atoms with Crippen molar-refractivity contribution < 1.29 is 0 Å². The van der Waals surface area contributed by atoms with Gasteiger partial charge in [0.15, 0.2) is 5.82 Å². The average molecular weight is 422 g/mol. The lowest BCUT2D eigenvalue weighted by Crippen LogP contribution is -2.47. The normalized spacial score (nSPS) is 14.0. The molecular formula is C27H27N5. The Morgan fingerprint density at radius 3 is 2.19 bits per heavy atom. The van der Waals surface area contributed by atoms with Gasteiger partial charge in [0.05, 0.1) is 5.69 Å². The number of anilines is 2. The fourth-order valence-corrected chi connectivity index (χ4v) is 4.27. The fourth-order valence-electron chi connectivity index (χ4n) is 4.27. The zero-order chi connectivity index (χ0) is 21.9. The van der Waals surface area contributed by atoms with E-state index in [0.29, 0.717) is 0 Å². The molecule has 5 rings (SSSR count). The van der Waals surface area contributed by atoms with Crippen LogP contribution in [-0.4, -0.2) is 41.4 Å². The molecule has 4 aromatic rings. The molecule has 2 aromatic heterocycles. The van der Waals surface area contributed by atoms with Crippen molar-refractivity contribution in [2.24, 2.45) is 0 Å². The second-order valence-corrected chi connectivity index (χ2v) is 8.34. The minimum atomic E-state index is 0.786. The Bertz CT molecular complexity index is 1230. The molecule has 0 aliphatic carbocycles. The molecule has 0 radical (unpaired) electrons. The molecule has 0 spiro atoms. The first-order valence-corrected chi connectivity index (χ1v) is 11.1. The van der Waals surface area contributed by atoms with Gasteiger partial charge < -0.3 is 9.80 Å². The molecule has 0 atom stereocenters. The van der Waals surface area contributed by atoms with E-state index in [9.17, 15) is 0 Å². The second kappa shape index (κ2) is 8.79. The van der Waals surface area contributed by atoms with E-state index in [0.717, 1.165) is 61.1 Å². The molecule has 2 aromatic carbocycles. The van der Waals surface area contributed by atoms with Gasteiger partial charge in [0.2, 0.25) is 0 Å². The summed E-state index contributed by atoms with van der Waals surface area (Å²) in [6, 6.07) is 23.1. The molecular weight excluding hydrogens is 394 g/mol. The zero-order valence-electron chi connectivity index (χ0n) is 18.4. The van der Waals surface area contributed by atoms with E-state index in [1.165, 1.54) is 16.3 Å². The van der Waals surface area contributed by atoms with Crippen LogP contribution in [0.25, 0.3) is 16.3 Å². The van der Waals surface area contributed by atoms with E-state index >= 15 is 0 Å². The number of rotatable bonds is 5. The predicted octanol–water partition coefficient (Wildman–Crippen LogP) is 4.98. The van der Waals surface area contributed by atoms with Gasteiger partial charge in [-0.05, 0) is 35.8 Å². The maximum absolute atomic E-state index is 4.69. The van der Waals surface area contributed by atoms with E-state index in [4.69, 9.17) is 0 Å². The monoisotopic (exact) mass is 421 g/mol. The van der Waals surface area contributed by atoms with Crippen molar-refractivity contribution in [1.29, 1.82) is 0 Å². The van der Waals surface area contributed by atoms with Crippen molar-refractivity contribution in [2.75, 3.05) is 36.0 Å². The molecule has 32 heavy (non-hydrogen) atoms. The molecule has 0 bridgehead atoms. The molecule has 160 valence electrons. The molecule has 0 unspecified atom stereocenters. The highest BCUT2D eigenvalue weighted by molar-refractivity contribution is 5.93. The highest BCUT2D eigenvalue weighted by Gasteiger charge is 2.22. The van der Waals surface area contributed by atoms with Gasteiger partial charge in [0.1, 0.15) is 5.82 Å². The third-order valence-electron chi connectivity index (χ3n) is 6.10. The summed E-state index contributed by atoms with van der Waals surface area (Å²) in [6.07, 6.45) is 2.70. The highest BCUT2D eigenvalue weighted by atomic mass is 15.3. The maximum Gasteiger partial charge on any atom is 0.159 e. The number of benzene rings is 2. The summed E-state index contributed by atoms with van der Waals surface area (Å²) in [4.78, 5) is 9.32. The Morgan fingerprint density at radius 2 is 1.50 bits per heavy atom. The quantitative estimate of drug-likeness (QED) is 0.455. The number of hydrogen-bond donors (Lipinski definition) is 0. The summed E-state index contributed by atoms with van der Waals surface area (Å²) in [6.45, 7) is 9.59. The standard InChI is InChI=1S/C27H27N5/c1-20(2)22-12-13-26(28-19-22)31-14-16-32(17-15-31)27-24-11-7-6-10-23(24)25(29-30-27)18-21-8-4-3-5-9-21/h3-13,19H,1,14-18H2,2H3. The van der Waals surface area contributed by atoms with Crippen LogP contribution in [0, 0.1) is 0 Å². The number of piperazine rings is 1. The molecule has 3 heterocycles. The average Bonchev–Trinajstić information content (AvgIpc) is 2.85. The molecule has 1 aliphatic rings. The van der Waals surface area contributed by atoms with Gasteiger partial charge >= 0.3 is 0 Å². The van der Waals surface area contributed by atoms with Crippen LogP contribution >= 0.6 is 0 Å². The van der Waals surface area contributed by atoms with Crippen LogP contribution in [0.2, 0.25) is 0 Å². The van der Waals surface area contributed by atoms with Crippen LogP contribution in [0.1, 0.15) is 23.7 Å². The van der Waals surface area contributed by atoms with Crippen molar-refractivity contribution in [1.82, 2.24) is 15.2 Å². The summed E-state index contributed by atoms with van der Waals surface area (Å²) < 4.78 is 0. The minimum absolute atomic E-state index is 0.786. The van der Waals surface area contributed by atoms with E-state index in [1.54, 1.807) is 0 Å². The third-order valence-corrected chi connectivity index (χ3v) is 6.10. The van der Waals surface area contributed by atoms with Gasteiger partial charge in [-0.15, -0.1) is 5.10 Å². The first-order valence-electron chi connectivity index (χ1n) is 11.1. The van der Waals surface area contributed by atoms with Crippen LogP contribution in [0.3, 0.4) is 0 Å². The molecule has 1 saturated heterocycles. The molecule has 0 saturated carbocycles. The van der Waals surface area contributed by atoms with E-state index in [-0.39, 0.29) is 0 Å². The van der Waals surface area contributed by atoms with Crippen LogP contribution in [0.4, 0.5) is 11.6 Å². The van der Waals surface area contributed by atoms with Gasteiger partial charge in [-0.3, -0.25) is 0 Å². The summed E-state index contributed by atoms with van der Waals surface area (Å²) in [5, 5.41) is 11.7. The Labute approximate surface area is 189 Å². The fraction of sp³-hybridized carbons (Fsp3) is 0.222. The van der Waals surface area contributed by atoms with Crippen molar-refractivity contribution >= 4 is 28.0 Å². The van der Waals surface area contributed by atoms with Gasteiger partial charge in [0, 0.05) is 49.6 Å². The maximum atomic E-state index is 4.69. The van der Waals surface area contributed by atoms with Crippen LogP contribution in [0.15, 0.2) is 79.5 Å². The lowest BCUT2D eigenvalue weighted by atomic mass is 10.0. The molecule has 1 aliphatic heterocycles. The Morgan fingerprint density at radius 1 is 0.812 bits per heavy atom. The number of nitrogens with zero attached hydrogens (tertiary/aromatic N) is 5. The van der Waals surface area contributed by atoms with E-state index in [1.807, 2.05) is 19.2 Å². The number of fused-ring (bicyclic) bond motifs is 1. The smallest absolute Gasteiger partial charge is 0.159 e. The molecule has 5 nitrogen and oxygen atoms in total. The van der Waals surface area contributed by atoms with Crippen molar-refractivity contribution in [3.63, 3.8) is 0 Å². The van der Waals surface area contributed by atoms with E-state index < -0.39 is 0 Å². The van der Waals surface area contributed by atoms with Crippen molar-refractivity contribution in [3.8, 4) is 0 Å². The first kappa shape index (κ1) is 20.2. The minimum Gasteiger partial charge on any atom is -0.353 e. The summed E-state index contributed by atoms with van der Waals surface area (Å²) >= 11 is 0. The largest absolute Gasteiger partial charge is 0.353 e.